The lowest BCUT2D eigenvalue weighted by molar-refractivity contribution is 0.474. The van der Waals surface area contributed by atoms with Crippen LogP contribution in [0, 0.1) is 11.8 Å². The van der Waals surface area contributed by atoms with E-state index in [1.165, 1.54) is 48.2 Å². The van der Waals surface area contributed by atoms with Crippen molar-refractivity contribution >= 4 is 11.4 Å². The number of hydrogen-bond donors (Lipinski definition) is 2. The molecule has 2 unspecified atom stereocenters. The topological polar surface area (TPSA) is 24.1 Å². The van der Waals surface area contributed by atoms with Gasteiger partial charge >= 0.3 is 0 Å². The number of hydrogen-bond acceptors (Lipinski definition) is 2. The van der Waals surface area contributed by atoms with Crippen molar-refractivity contribution in [2.24, 2.45) is 11.8 Å². The summed E-state index contributed by atoms with van der Waals surface area (Å²) >= 11 is 0. The average Bonchev–Trinajstić information content (AvgIpc) is 2.45. The number of rotatable bonds is 2. The van der Waals surface area contributed by atoms with E-state index >= 15 is 0 Å². The Morgan fingerprint density at radius 3 is 1.55 bits per heavy atom. The molecule has 20 heavy (non-hydrogen) atoms. The van der Waals surface area contributed by atoms with Crippen LogP contribution in [0.3, 0.4) is 0 Å². The highest BCUT2D eigenvalue weighted by atomic mass is 15.0. The standard InChI is InChI=1S/C18H28N2/c1-11(2)15-9-7-13-5-6-14-8-10-16(12(3)4)20-18(14)17(13)19-15/h5-6,11-12,15-16,19-20H,7-10H2,1-4H3. The fourth-order valence-electron chi connectivity index (χ4n) is 3.57. The minimum Gasteiger partial charge on any atom is -0.380 e. The molecule has 2 aliphatic rings. The van der Waals surface area contributed by atoms with Crippen molar-refractivity contribution in [3.05, 3.63) is 23.3 Å². The van der Waals surface area contributed by atoms with E-state index in [9.17, 15) is 0 Å². The van der Waals surface area contributed by atoms with Gasteiger partial charge in [0.25, 0.3) is 0 Å². The van der Waals surface area contributed by atoms with Gasteiger partial charge in [0.15, 0.2) is 0 Å². The van der Waals surface area contributed by atoms with Crippen molar-refractivity contribution in [3.8, 4) is 0 Å². The average molecular weight is 272 g/mol. The maximum atomic E-state index is 3.82. The van der Waals surface area contributed by atoms with Crippen LogP contribution in [0.1, 0.15) is 51.7 Å². The van der Waals surface area contributed by atoms with Gasteiger partial charge in [0.1, 0.15) is 0 Å². The van der Waals surface area contributed by atoms with E-state index in [-0.39, 0.29) is 0 Å². The van der Waals surface area contributed by atoms with Crippen molar-refractivity contribution < 1.29 is 0 Å². The Balaban J connectivity index is 1.94. The van der Waals surface area contributed by atoms with Crippen LogP contribution < -0.4 is 10.6 Å². The summed E-state index contributed by atoms with van der Waals surface area (Å²) in [6.45, 7) is 9.29. The Hall–Kier alpha value is -1.18. The van der Waals surface area contributed by atoms with Gasteiger partial charge in [0, 0.05) is 12.1 Å². The van der Waals surface area contributed by atoms with Gasteiger partial charge in [0.05, 0.1) is 11.4 Å². The van der Waals surface area contributed by atoms with Crippen LogP contribution in [0.25, 0.3) is 0 Å². The lowest BCUT2D eigenvalue weighted by Crippen LogP contribution is -2.34. The molecule has 0 aliphatic carbocycles. The Morgan fingerprint density at radius 2 is 1.20 bits per heavy atom. The Bertz CT molecular complexity index is 445. The van der Waals surface area contributed by atoms with Gasteiger partial charge in [-0.1, -0.05) is 39.8 Å². The van der Waals surface area contributed by atoms with Crippen molar-refractivity contribution in [2.45, 2.75) is 65.5 Å². The van der Waals surface area contributed by atoms with Crippen LogP contribution in [0.4, 0.5) is 11.4 Å². The summed E-state index contributed by atoms with van der Waals surface area (Å²) < 4.78 is 0. The Kier molecular flexibility index (Phi) is 3.66. The molecule has 0 spiro atoms. The summed E-state index contributed by atoms with van der Waals surface area (Å²) in [6, 6.07) is 5.93. The van der Waals surface area contributed by atoms with Crippen molar-refractivity contribution in [1.29, 1.82) is 0 Å². The number of aryl methyl sites for hydroxylation is 2. The molecular formula is C18H28N2. The van der Waals surface area contributed by atoms with Crippen LogP contribution in [-0.4, -0.2) is 12.1 Å². The van der Waals surface area contributed by atoms with E-state index in [1.807, 2.05) is 0 Å². The molecule has 0 fully saturated rings. The summed E-state index contributed by atoms with van der Waals surface area (Å²) in [5, 5.41) is 7.64. The van der Waals surface area contributed by atoms with Crippen LogP contribution in [0.15, 0.2) is 12.1 Å². The maximum absolute atomic E-state index is 3.82. The van der Waals surface area contributed by atoms with E-state index in [0.29, 0.717) is 23.9 Å². The van der Waals surface area contributed by atoms with E-state index in [2.05, 4.69) is 50.5 Å². The summed E-state index contributed by atoms with van der Waals surface area (Å²) in [7, 11) is 0. The van der Waals surface area contributed by atoms with E-state index in [1.54, 1.807) is 0 Å². The van der Waals surface area contributed by atoms with Crippen molar-refractivity contribution in [3.63, 3.8) is 0 Å². The zero-order valence-electron chi connectivity index (χ0n) is 13.3. The molecule has 2 nitrogen and oxygen atoms in total. The first-order valence-corrected chi connectivity index (χ1v) is 8.24. The number of fused-ring (bicyclic) bond motifs is 3. The van der Waals surface area contributed by atoms with E-state index in [0.717, 1.165) is 0 Å². The molecule has 1 aromatic rings. The summed E-state index contributed by atoms with van der Waals surface area (Å²) in [5.74, 6) is 1.40. The predicted molar refractivity (Wildman–Crippen MR) is 87.6 cm³/mol. The smallest absolute Gasteiger partial charge is 0.0613 e. The lowest BCUT2D eigenvalue weighted by atomic mass is 9.86. The third-order valence-corrected chi connectivity index (χ3v) is 5.10. The second-order valence-electron chi connectivity index (χ2n) is 7.20. The first kappa shape index (κ1) is 13.8. The molecule has 3 rings (SSSR count). The Labute approximate surface area is 123 Å². The second-order valence-corrected chi connectivity index (χ2v) is 7.20. The van der Waals surface area contributed by atoms with Gasteiger partial charge in [-0.15, -0.1) is 0 Å². The molecule has 2 N–H and O–H groups in total. The highest BCUT2D eigenvalue weighted by molar-refractivity contribution is 5.78. The van der Waals surface area contributed by atoms with Gasteiger partial charge in [-0.3, -0.25) is 0 Å². The molecule has 0 amide bonds. The minimum atomic E-state index is 0.621. The molecule has 2 heteroatoms. The second kappa shape index (κ2) is 5.31. The quantitative estimate of drug-likeness (QED) is 0.831. The number of nitrogens with one attached hydrogen (secondary N) is 2. The molecule has 0 bridgehead atoms. The SMILES string of the molecule is CC(C)C1CCc2ccc3c(c2N1)NC(C(C)C)CC3. The first-order chi connectivity index (χ1) is 9.56. The van der Waals surface area contributed by atoms with Gasteiger partial charge in [-0.05, 0) is 48.6 Å². The van der Waals surface area contributed by atoms with Crippen molar-refractivity contribution in [2.75, 3.05) is 10.6 Å². The summed E-state index contributed by atoms with van der Waals surface area (Å²) in [6.07, 6.45) is 4.95. The van der Waals surface area contributed by atoms with Gasteiger partial charge < -0.3 is 10.6 Å². The monoisotopic (exact) mass is 272 g/mol. The third kappa shape index (κ3) is 2.41. The number of benzene rings is 1. The van der Waals surface area contributed by atoms with Crippen LogP contribution >= 0.6 is 0 Å². The van der Waals surface area contributed by atoms with Crippen LogP contribution in [0.5, 0.6) is 0 Å². The minimum absolute atomic E-state index is 0.621. The predicted octanol–water partition coefficient (Wildman–Crippen LogP) is 4.45. The molecular weight excluding hydrogens is 244 g/mol. The van der Waals surface area contributed by atoms with Gasteiger partial charge in [-0.2, -0.15) is 0 Å². The largest absolute Gasteiger partial charge is 0.380 e. The fourth-order valence-corrected chi connectivity index (χ4v) is 3.57. The van der Waals surface area contributed by atoms with Crippen molar-refractivity contribution in [1.82, 2.24) is 0 Å². The summed E-state index contributed by atoms with van der Waals surface area (Å²) in [5.41, 5.74) is 5.80. The first-order valence-electron chi connectivity index (χ1n) is 8.24. The molecule has 1 aromatic carbocycles. The number of anilines is 2. The maximum Gasteiger partial charge on any atom is 0.0613 e. The van der Waals surface area contributed by atoms with Gasteiger partial charge in [0.2, 0.25) is 0 Å². The lowest BCUT2D eigenvalue weighted by Gasteiger charge is -2.36. The Morgan fingerprint density at radius 1 is 0.800 bits per heavy atom. The highest BCUT2D eigenvalue weighted by Gasteiger charge is 2.27. The van der Waals surface area contributed by atoms with Gasteiger partial charge in [-0.25, -0.2) is 0 Å². The molecule has 0 saturated heterocycles. The summed E-state index contributed by atoms with van der Waals surface area (Å²) in [4.78, 5) is 0. The zero-order chi connectivity index (χ0) is 14.3. The van der Waals surface area contributed by atoms with Crippen LogP contribution in [-0.2, 0) is 12.8 Å². The molecule has 110 valence electrons. The molecule has 2 heterocycles. The van der Waals surface area contributed by atoms with E-state index < -0.39 is 0 Å². The molecule has 0 radical (unpaired) electrons. The zero-order valence-corrected chi connectivity index (χ0v) is 13.3. The normalized spacial score (nSPS) is 24.9. The van der Waals surface area contributed by atoms with E-state index in [4.69, 9.17) is 0 Å². The van der Waals surface area contributed by atoms with Crippen LogP contribution in [0.2, 0.25) is 0 Å². The molecule has 0 saturated carbocycles. The molecule has 2 aliphatic heterocycles. The highest BCUT2D eigenvalue weighted by Crippen LogP contribution is 2.40. The third-order valence-electron chi connectivity index (χ3n) is 5.10. The fraction of sp³-hybridized carbons (Fsp3) is 0.667. The molecule has 2 atom stereocenters. The molecule has 0 aromatic heterocycles.